The van der Waals surface area contributed by atoms with Gasteiger partial charge in [-0.2, -0.15) is 4.98 Å². The highest BCUT2D eigenvalue weighted by atomic mass is 16.5. The Morgan fingerprint density at radius 1 is 1.33 bits per heavy atom. The Labute approximate surface area is 124 Å². The summed E-state index contributed by atoms with van der Waals surface area (Å²) in [6.07, 6.45) is 1.71. The molecule has 0 N–H and O–H groups in total. The van der Waals surface area contributed by atoms with E-state index in [4.69, 9.17) is 4.74 Å². The molecule has 0 radical (unpaired) electrons. The lowest BCUT2D eigenvalue weighted by Crippen LogP contribution is -2.38. The Balaban J connectivity index is 1.91. The molecular formula is C14H20N6O. The Morgan fingerprint density at radius 2 is 2.14 bits per heavy atom. The Bertz CT molecular complexity index is 638. The molecule has 7 nitrogen and oxygen atoms in total. The van der Waals surface area contributed by atoms with Crippen molar-refractivity contribution in [3.63, 3.8) is 0 Å². The molecule has 0 aliphatic carbocycles. The van der Waals surface area contributed by atoms with Crippen LogP contribution < -0.4 is 9.64 Å². The third-order valence-corrected chi connectivity index (χ3v) is 3.68. The number of ether oxygens (including phenoxy) is 1. The Morgan fingerprint density at radius 3 is 2.86 bits per heavy atom. The molecule has 0 unspecified atom stereocenters. The lowest BCUT2D eigenvalue weighted by atomic mass is 10.1. The van der Waals surface area contributed by atoms with Crippen LogP contribution in [0.5, 0.6) is 5.88 Å². The summed E-state index contributed by atoms with van der Waals surface area (Å²) in [6, 6.07) is 2.03. The highest BCUT2D eigenvalue weighted by molar-refractivity contribution is 5.34. The van der Waals surface area contributed by atoms with Crippen LogP contribution in [0.15, 0.2) is 12.3 Å². The van der Waals surface area contributed by atoms with E-state index in [0.29, 0.717) is 24.3 Å². The van der Waals surface area contributed by atoms with E-state index in [1.54, 1.807) is 19.4 Å². The molecule has 0 fully saturated rings. The number of hydrogen-bond acceptors (Lipinski definition) is 6. The maximum atomic E-state index is 5.17. The van der Waals surface area contributed by atoms with Gasteiger partial charge in [-0.15, -0.1) is 10.2 Å². The molecule has 3 rings (SSSR count). The summed E-state index contributed by atoms with van der Waals surface area (Å²) in [7, 11) is 1.61. The third kappa shape index (κ3) is 2.43. The van der Waals surface area contributed by atoms with Crippen LogP contribution in [0.4, 0.5) is 5.95 Å². The molecule has 0 saturated carbocycles. The number of nitrogens with zero attached hydrogens (tertiary/aromatic N) is 6. The normalized spacial score (nSPS) is 18.0. The van der Waals surface area contributed by atoms with Crippen molar-refractivity contribution in [2.45, 2.75) is 39.3 Å². The van der Waals surface area contributed by atoms with Crippen molar-refractivity contribution in [3.05, 3.63) is 23.9 Å². The first-order chi connectivity index (χ1) is 10.1. The highest BCUT2D eigenvalue weighted by Crippen LogP contribution is 2.27. The van der Waals surface area contributed by atoms with Crippen molar-refractivity contribution in [1.82, 2.24) is 24.7 Å². The molecule has 21 heavy (non-hydrogen) atoms. The molecule has 1 aliphatic heterocycles. The molecule has 0 saturated heterocycles. The minimum atomic E-state index is 0.288. The first-order valence-electron chi connectivity index (χ1n) is 7.15. The molecule has 2 aromatic heterocycles. The molecule has 0 amide bonds. The van der Waals surface area contributed by atoms with Gasteiger partial charge in [0.2, 0.25) is 11.8 Å². The average molecular weight is 288 g/mol. The van der Waals surface area contributed by atoms with Crippen molar-refractivity contribution in [2.75, 3.05) is 18.6 Å². The summed E-state index contributed by atoms with van der Waals surface area (Å²) in [5.41, 5.74) is 0. The van der Waals surface area contributed by atoms with Gasteiger partial charge in [0.15, 0.2) is 5.82 Å². The van der Waals surface area contributed by atoms with Crippen molar-refractivity contribution < 1.29 is 4.74 Å². The van der Waals surface area contributed by atoms with Crippen LogP contribution in [0.1, 0.15) is 44.4 Å². The first kappa shape index (κ1) is 13.8. The van der Waals surface area contributed by atoms with Crippen LogP contribution in [0.3, 0.4) is 0 Å². The van der Waals surface area contributed by atoms with Crippen molar-refractivity contribution in [1.29, 1.82) is 0 Å². The summed E-state index contributed by atoms with van der Waals surface area (Å²) < 4.78 is 7.40. The molecule has 0 aromatic carbocycles. The van der Waals surface area contributed by atoms with Crippen LogP contribution in [-0.4, -0.2) is 38.4 Å². The van der Waals surface area contributed by atoms with E-state index in [2.05, 4.69) is 50.4 Å². The molecule has 7 heteroatoms. The van der Waals surface area contributed by atoms with E-state index in [-0.39, 0.29) is 6.04 Å². The number of rotatable bonds is 3. The molecule has 1 atom stereocenters. The van der Waals surface area contributed by atoms with E-state index in [1.807, 2.05) is 0 Å². The first-order valence-corrected chi connectivity index (χ1v) is 7.15. The maximum absolute atomic E-state index is 5.17. The minimum absolute atomic E-state index is 0.288. The van der Waals surface area contributed by atoms with Gasteiger partial charge in [-0.3, -0.25) is 0 Å². The van der Waals surface area contributed by atoms with Crippen molar-refractivity contribution in [2.24, 2.45) is 0 Å². The predicted octanol–water partition coefficient (Wildman–Crippen LogP) is 1.78. The van der Waals surface area contributed by atoms with Crippen LogP contribution in [0, 0.1) is 0 Å². The summed E-state index contributed by atoms with van der Waals surface area (Å²) >= 11 is 0. The average Bonchev–Trinajstić information content (AvgIpc) is 2.92. The van der Waals surface area contributed by atoms with Gasteiger partial charge in [-0.1, -0.05) is 13.8 Å². The monoisotopic (exact) mass is 288 g/mol. The van der Waals surface area contributed by atoms with Gasteiger partial charge in [0.05, 0.1) is 19.7 Å². The standard InChI is InChI=1S/C14H20N6O/c1-9(2)13-18-17-11-8-19(7-10(3)20(11)13)14-15-6-5-12(16-14)21-4/h5-6,9-10H,7-8H2,1-4H3/t10-/m0/s1. The zero-order chi connectivity index (χ0) is 15.0. The smallest absolute Gasteiger partial charge is 0.229 e. The van der Waals surface area contributed by atoms with Gasteiger partial charge in [0.1, 0.15) is 5.82 Å². The summed E-state index contributed by atoms with van der Waals surface area (Å²) in [5.74, 6) is 3.62. The molecule has 0 bridgehead atoms. The number of methoxy groups -OCH3 is 1. The Hall–Kier alpha value is -2.18. The number of anilines is 1. The third-order valence-electron chi connectivity index (χ3n) is 3.68. The molecule has 0 spiro atoms. The minimum Gasteiger partial charge on any atom is -0.481 e. The van der Waals surface area contributed by atoms with Crippen LogP contribution >= 0.6 is 0 Å². The topological polar surface area (TPSA) is 69.0 Å². The van der Waals surface area contributed by atoms with Crippen molar-refractivity contribution in [3.8, 4) is 5.88 Å². The zero-order valence-corrected chi connectivity index (χ0v) is 12.8. The fourth-order valence-corrected chi connectivity index (χ4v) is 2.71. The zero-order valence-electron chi connectivity index (χ0n) is 12.8. The van der Waals surface area contributed by atoms with E-state index < -0.39 is 0 Å². The van der Waals surface area contributed by atoms with Gasteiger partial charge in [0.25, 0.3) is 0 Å². The van der Waals surface area contributed by atoms with E-state index in [0.717, 1.165) is 18.2 Å². The summed E-state index contributed by atoms with van der Waals surface area (Å²) in [4.78, 5) is 10.8. The predicted molar refractivity (Wildman–Crippen MR) is 78.5 cm³/mol. The number of fused-ring (bicyclic) bond motifs is 1. The number of aromatic nitrogens is 5. The Kier molecular flexibility index (Phi) is 3.48. The van der Waals surface area contributed by atoms with E-state index >= 15 is 0 Å². The van der Waals surface area contributed by atoms with Gasteiger partial charge >= 0.3 is 0 Å². The molecule has 112 valence electrons. The van der Waals surface area contributed by atoms with Gasteiger partial charge in [0, 0.05) is 24.7 Å². The van der Waals surface area contributed by atoms with E-state index in [1.165, 1.54) is 0 Å². The lowest BCUT2D eigenvalue weighted by Gasteiger charge is -2.33. The second kappa shape index (κ2) is 5.31. The number of hydrogen-bond donors (Lipinski definition) is 0. The molecule has 3 heterocycles. The highest BCUT2D eigenvalue weighted by Gasteiger charge is 2.28. The molecule has 2 aromatic rings. The van der Waals surface area contributed by atoms with E-state index in [9.17, 15) is 0 Å². The fraction of sp³-hybridized carbons (Fsp3) is 0.571. The van der Waals surface area contributed by atoms with Gasteiger partial charge in [-0.25, -0.2) is 4.98 Å². The second-order valence-corrected chi connectivity index (χ2v) is 5.63. The summed E-state index contributed by atoms with van der Waals surface area (Å²) in [6.45, 7) is 7.95. The van der Waals surface area contributed by atoms with Crippen LogP contribution in [-0.2, 0) is 6.54 Å². The van der Waals surface area contributed by atoms with Gasteiger partial charge < -0.3 is 14.2 Å². The second-order valence-electron chi connectivity index (χ2n) is 5.63. The fourth-order valence-electron chi connectivity index (χ4n) is 2.71. The molecule has 1 aliphatic rings. The summed E-state index contributed by atoms with van der Waals surface area (Å²) in [5, 5.41) is 8.66. The van der Waals surface area contributed by atoms with Crippen LogP contribution in [0.25, 0.3) is 0 Å². The maximum Gasteiger partial charge on any atom is 0.229 e. The van der Waals surface area contributed by atoms with Gasteiger partial charge in [-0.05, 0) is 6.92 Å². The quantitative estimate of drug-likeness (QED) is 0.857. The van der Waals surface area contributed by atoms with Crippen molar-refractivity contribution >= 4 is 5.95 Å². The SMILES string of the molecule is COc1ccnc(N2Cc3nnc(C(C)C)n3[C@@H](C)C2)n1. The molecular weight excluding hydrogens is 268 g/mol. The lowest BCUT2D eigenvalue weighted by molar-refractivity contribution is 0.393. The van der Waals surface area contributed by atoms with Crippen LogP contribution in [0.2, 0.25) is 0 Å². The largest absolute Gasteiger partial charge is 0.481 e.